The number of carbonyl (C=O) groups is 1. The summed E-state index contributed by atoms with van der Waals surface area (Å²) in [6.45, 7) is 7.77. The van der Waals surface area contributed by atoms with Gasteiger partial charge in [0.15, 0.2) is 0 Å². The molecule has 1 aromatic heterocycles. The number of nitrogens with zero attached hydrogens (tertiary/aromatic N) is 3. The minimum Gasteiger partial charge on any atom is -0.320 e. The molecular formula is C12H21N5O. The van der Waals surface area contributed by atoms with Crippen LogP contribution >= 0.6 is 0 Å². The summed E-state index contributed by atoms with van der Waals surface area (Å²) >= 11 is 0. The number of nitrogens with one attached hydrogen (secondary N) is 1. The van der Waals surface area contributed by atoms with Crippen molar-refractivity contribution in [1.82, 2.24) is 15.2 Å². The Balaban J connectivity index is 2.82. The maximum atomic E-state index is 11.8. The van der Waals surface area contributed by atoms with E-state index in [-0.39, 0.29) is 17.8 Å². The van der Waals surface area contributed by atoms with Crippen LogP contribution in [-0.4, -0.2) is 27.1 Å². The average Bonchev–Trinajstić information content (AvgIpc) is 2.37. The zero-order valence-electron chi connectivity index (χ0n) is 11.4. The van der Waals surface area contributed by atoms with Crippen molar-refractivity contribution in [3.8, 4) is 0 Å². The smallest absolute Gasteiger partial charge is 0.249 e. The first-order chi connectivity index (χ1) is 8.49. The van der Waals surface area contributed by atoms with Crippen molar-refractivity contribution in [3.63, 3.8) is 0 Å². The molecule has 0 aliphatic heterocycles. The maximum Gasteiger partial charge on any atom is 0.249 e. The summed E-state index contributed by atoms with van der Waals surface area (Å²) in [7, 11) is 0. The molecule has 1 atom stereocenters. The number of amides is 1. The standard InChI is InChI=1S/C12H21N5O/c1-5-8-9(6-2)16-17-12(14-8)15-11(18)10(13)7(3)4/h7,10H,5-6,13H2,1-4H3,(H,14,15,17,18)/t10-/m1/s1. The topological polar surface area (TPSA) is 93.8 Å². The number of hydrogen-bond acceptors (Lipinski definition) is 5. The molecule has 1 heterocycles. The van der Waals surface area contributed by atoms with E-state index >= 15 is 0 Å². The Morgan fingerprint density at radius 1 is 1.22 bits per heavy atom. The number of nitrogens with two attached hydrogens (primary N) is 1. The van der Waals surface area contributed by atoms with Crippen LogP contribution in [-0.2, 0) is 17.6 Å². The molecule has 0 radical (unpaired) electrons. The van der Waals surface area contributed by atoms with Crippen molar-refractivity contribution in [2.75, 3.05) is 5.32 Å². The Hall–Kier alpha value is -1.56. The molecule has 1 aromatic rings. The molecule has 18 heavy (non-hydrogen) atoms. The van der Waals surface area contributed by atoms with Crippen LogP contribution in [0.5, 0.6) is 0 Å². The number of aryl methyl sites for hydroxylation is 2. The molecule has 0 saturated heterocycles. The molecule has 1 rings (SSSR count). The third-order valence-electron chi connectivity index (χ3n) is 2.77. The fraction of sp³-hybridized carbons (Fsp3) is 0.667. The van der Waals surface area contributed by atoms with E-state index in [1.165, 1.54) is 0 Å². The summed E-state index contributed by atoms with van der Waals surface area (Å²) in [5.74, 6) is 0.0155. The zero-order valence-corrected chi connectivity index (χ0v) is 11.4. The van der Waals surface area contributed by atoms with Crippen LogP contribution in [0.25, 0.3) is 0 Å². The summed E-state index contributed by atoms with van der Waals surface area (Å²) in [6.07, 6.45) is 1.54. The minimum absolute atomic E-state index is 0.0681. The van der Waals surface area contributed by atoms with Crippen LogP contribution in [0.3, 0.4) is 0 Å². The van der Waals surface area contributed by atoms with E-state index in [2.05, 4.69) is 20.5 Å². The lowest BCUT2D eigenvalue weighted by Crippen LogP contribution is -2.40. The zero-order chi connectivity index (χ0) is 13.7. The van der Waals surface area contributed by atoms with Crippen molar-refractivity contribution in [2.45, 2.75) is 46.6 Å². The van der Waals surface area contributed by atoms with E-state index in [1.807, 2.05) is 27.7 Å². The lowest BCUT2D eigenvalue weighted by atomic mass is 10.1. The van der Waals surface area contributed by atoms with Gasteiger partial charge in [0.25, 0.3) is 0 Å². The monoisotopic (exact) mass is 251 g/mol. The molecule has 0 spiro atoms. The summed E-state index contributed by atoms with van der Waals surface area (Å²) in [6, 6.07) is -0.565. The molecule has 100 valence electrons. The van der Waals surface area contributed by atoms with Gasteiger partial charge >= 0.3 is 0 Å². The molecular weight excluding hydrogens is 230 g/mol. The van der Waals surface area contributed by atoms with E-state index in [0.29, 0.717) is 0 Å². The van der Waals surface area contributed by atoms with Gasteiger partial charge in [0.2, 0.25) is 11.9 Å². The van der Waals surface area contributed by atoms with Crippen molar-refractivity contribution in [1.29, 1.82) is 0 Å². The number of carbonyl (C=O) groups excluding carboxylic acids is 1. The van der Waals surface area contributed by atoms with Crippen LogP contribution in [0.15, 0.2) is 0 Å². The Morgan fingerprint density at radius 3 is 2.33 bits per heavy atom. The molecule has 0 saturated carbocycles. The van der Waals surface area contributed by atoms with Gasteiger partial charge in [-0.1, -0.05) is 27.7 Å². The fourth-order valence-electron chi connectivity index (χ4n) is 1.49. The predicted octanol–water partition coefficient (Wildman–Crippen LogP) is 0.918. The number of anilines is 1. The quantitative estimate of drug-likeness (QED) is 0.811. The molecule has 0 aromatic carbocycles. The highest BCUT2D eigenvalue weighted by atomic mass is 16.2. The molecule has 0 aliphatic rings. The summed E-state index contributed by atoms with van der Waals surface area (Å²) in [5.41, 5.74) is 7.47. The van der Waals surface area contributed by atoms with Gasteiger partial charge in [0, 0.05) is 0 Å². The van der Waals surface area contributed by atoms with Crippen LogP contribution in [0.1, 0.15) is 39.1 Å². The molecule has 6 heteroatoms. The SMILES string of the molecule is CCc1nnc(NC(=O)[C@H](N)C(C)C)nc1CC. The van der Waals surface area contributed by atoms with Gasteiger partial charge in [-0.3, -0.25) is 10.1 Å². The normalized spacial score (nSPS) is 12.6. The van der Waals surface area contributed by atoms with Crippen molar-refractivity contribution in [3.05, 3.63) is 11.4 Å². The van der Waals surface area contributed by atoms with Crippen molar-refractivity contribution >= 4 is 11.9 Å². The lowest BCUT2D eigenvalue weighted by molar-refractivity contribution is -0.118. The van der Waals surface area contributed by atoms with Gasteiger partial charge in [-0.05, 0) is 18.8 Å². The largest absolute Gasteiger partial charge is 0.320 e. The Kier molecular flexibility index (Phi) is 5.15. The molecule has 0 fully saturated rings. The molecule has 1 amide bonds. The summed E-state index contributed by atoms with van der Waals surface area (Å²) < 4.78 is 0. The van der Waals surface area contributed by atoms with Crippen molar-refractivity contribution in [2.24, 2.45) is 11.7 Å². The van der Waals surface area contributed by atoms with Gasteiger partial charge in [-0.25, -0.2) is 4.98 Å². The highest BCUT2D eigenvalue weighted by Crippen LogP contribution is 2.08. The average molecular weight is 251 g/mol. The van der Waals surface area contributed by atoms with Gasteiger partial charge in [0.05, 0.1) is 17.4 Å². The third kappa shape index (κ3) is 3.46. The minimum atomic E-state index is -0.565. The molecule has 0 aliphatic carbocycles. The fourth-order valence-corrected chi connectivity index (χ4v) is 1.49. The lowest BCUT2D eigenvalue weighted by Gasteiger charge is -2.14. The number of hydrogen-bond donors (Lipinski definition) is 2. The van der Waals surface area contributed by atoms with Gasteiger partial charge in [-0.15, -0.1) is 10.2 Å². The molecule has 3 N–H and O–H groups in total. The van der Waals surface area contributed by atoms with E-state index in [1.54, 1.807) is 0 Å². The van der Waals surface area contributed by atoms with Crippen LogP contribution in [0, 0.1) is 5.92 Å². The van der Waals surface area contributed by atoms with E-state index in [9.17, 15) is 4.79 Å². The predicted molar refractivity (Wildman–Crippen MR) is 70.0 cm³/mol. The first-order valence-corrected chi connectivity index (χ1v) is 6.28. The van der Waals surface area contributed by atoms with Gasteiger partial charge in [0.1, 0.15) is 0 Å². The van der Waals surface area contributed by atoms with E-state index in [0.717, 1.165) is 24.2 Å². The van der Waals surface area contributed by atoms with E-state index < -0.39 is 6.04 Å². The van der Waals surface area contributed by atoms with Crippen LogP contribution < -0.4 is 11.1 Å². The molecule has 0 unspecified atom stereocenters. The van der Waals surface area contributed by atoms with Crippen LogP contribution in [0.2, 0.25) is 0 Å². The highest BCUT2D eigenvalue weighted by Gasteiger charge is 2.18. The second-order valence-electron chi connectivity index (χ2n) is 4.49. The third-order valence-corrected chi connectivity index (χ3v) is 2.77. The molecule has 6 nitrogen and oxygen atoms in total. The number of rotatable bonds is 5. The second kappa shape index (κ2) is 6.39. The summed E-state index contributed by atoms with van der Waals surface area (Å²) in [5, 5.41) is 10.5. The maximum absolute atomic E-state index is 11.8. The van der Waals surface area contributed by atoms with E-state index in [4.69, 9.17) is 5.73 Å². The van der Waals surface area contributed by atoms with Crippen molar-refractivity contribution < 1.29 is 4.79 Å². The summed E-state index contributed by atoms with van der Waals surface area (Å²) in [4.78, 5) is 16.0. The first-order valence-electron chi connectivity index (χ1n) is 6.28. The molecule has 0 bridgehead atoms. The Labute approximate surface area is 107 Å². The highest BCUT2D eigenvalue weighted by molar-refractivity contribution is 5.93. The van der Waals surface area contributed by atoms with Gasteiger partial charge < -0.3 is 5.73 Å². The Bertz CT molecular complexity index is 419. The second-order valence-corrected chi connectivity index (χ2v) is 4.49. The first kappa shape index (κ1) is 14.5. The van der Waals surface area contributed by atoms with Gasteiger partial charge in [-0.2, -0.15) is 0 Å². The van der Waals surface area contributed by atoms with Crippen LogP contribution in [0.4, 0.5) is 5.95 Å². The number of aromatic nitrogens is 3. The Morgan fingerprint density at radius 2 is 1.83 bits per heavy atom.